The fourth-order valence-corrected chi connectivity index (χ4v) is 2.25. The molecule has 0 saturated heterocycles. The number of furan rings is 1. The standard InChI is InChI=1S/C15H11BrN2O4/c1-9-6-7-12(21-9)15(19)20-8-13-17-18-14(22-13)10-4-2-3-5-11(10)16/h2-7H,8H2,1H3. The van der Waals surface area contributed by atoms with Crippen LogP contribution in [-0.4, -0.2) is 16.2 Å². The summed E-state index contributed by atoms with van der Waals surface area (Å²) in [5.74, 6) is 0.771. The third kappa shape index (κ3) is 3.09. The van der Waals surface area contributed by atoms with Gasteiger partial charge in [-0.25, -0.2) is 4.79 Å². The monoisotopic (exact) mass is 362 g/mol. The molecular formula is C15H11BrN2O4. The molecule has 112 valence electrons. The number of halogens is 1. The second kappa shape index (κ2) is 6.15. The molecule has 1 aromatic carbocycles. The van der Waals surface area contributed by atoms with Crippen LogP contribution in [0.3, 0.4) is 0 Å². The zero-order valence-corrected chi connectivity index (χ0v) is 13.2. The van der Waals surface area contributed by atoms with Crippen molar-refractivity contribution in [1.82, 2.24) is 10.2 Å². The molecule has 2 heterocycles. The van der Waals surface area contributed by atoms with Gasteiger partial charge in [-0.05, 0) is 47.1 Å². The predicted molar refractivity (Wildman–Crippen MR) is 80.0 cm³/mol. The Kier molecular flexibility index (Phi) is 4.06. The van der Waals surface area contributed by atoms with Crippen molar-refractivity contribution in [3.63, 3.8) is 0 Å². The van der Waals surface area contributed by atoms with E-state index < -0.39 is 5.97 Å². The molecule has 0 atom stereocenters. The van der Waals surface area contributed by atoms with Gasteiger partial charge in [0.25, 0.3) is 5.89 Å². The minimum Gasteiger partial charge on any atom is -0.454 e. The van der Waals surface area contributed by atoms with Gasteiger partial charge in [0.05, 0.1) is 5.56 Å². The number of nitrogens with zero attached hydrogens (tertiary/aromatic N) is 2. The first kappa shape index (κ1) is 14.5. The van der Waals surface area contributed by atoms with Gasteiger partial charge in [0.1, 0.15) is 5.76 Å². The van der Waals surface area contributed by atoms with Gasteiger partial charge in [-0.15, -0.1) is 10.2 Å². The maximum atomic E-state index is 11.7. The summed E-state index contributed by atoms with van der Waals surface area (Å²) in [6.45, 7) is 1.63. The molecule has 0 unspecified atom stereocenters. The molecule has 0 N–H and O–H groups in total. The first-order chi connectivity index (χ1) is 10.6. The van der Waals surface area contributed by atoms with Gasteiger partial charge >= 0.3 is 5.97 Å². The van der Waals surface area contributed by atoms with Crippen LogP contribution in [0.4, 0.5) is 0 Å². The maximum absolute atomic E-state index is 11.7. The lowest BCUT2D eigenvalue weighted by atomic mass is 10.2. The van der Waals surface area contributed by atoms with Gasteiger partial charge in [-0.2, -0.15) is 0 Å². The molecule has 0 fully saturated rings. The Bertz CT molecular complexity index is 809. The van der Waals surface area contributed by atoms with E-state index in [1.54, 1.807) is 19.1 Å². The number of benzene rings is 1. The Morgan fingerprint density at radius 3 is 2.73 bits per heavy atom. The Balaban J connectivity index is 1.67. The van der Waals surface area contributed by atoms with Crippen LogP contribution >= 0.6 is 15.9 Å². The van der Waals surface area contributed by atoms with Crippen molar-refractivity contribution in [3.8, 4) is 11.5 Å². The molecule has 0 aliphatic heterocycles. The molecule has 3 aromatic rings. The second-order valence-corrected chi connectivity index (χ2v) is 5.32. The molecule has 0 spiro atoms. The van der Waals surface area contributed by atoms with Gasteiger partial charge in [-0.3, -0.25) is 0 Å². The smallest absolute Gasteiger partial charge is 0.374 e. The minimum atomic E-state index is -0.575. The summed E-state index contributed by atoms with van der Waals surface area (Å²) >= 11 is 3.41. The summed E-state index contributed by atoms with van der Waals surface area (Å²) in [4.78, 5) is 11.7. The van der Waals surface area contributed by atoms with Gasteiger partial charge in [0, 0.05) is 4.47 Å². The summed E-state index contributed by atoms with van der Waals surface area (Å²) < 4.78 is 16.6. The van der Waals surface area contributed by atoms with Crippen molar-refractivity contribution in [1.29, 1.82) is 0 Å². The molecule has 3 rings (SSSR count). The molecular weight excluding hydrogens is 352 g/mol. The highest BCUT2D eigenvalue weighted by atomic mass is 79.9. The van der Waals surface area contributed by atoms with E-state index in [2.05, 4.69) is 26.1 Å². The molecule has 0 radical (unpaired) electrons. The third-order valence-corrected chi connectivity index (χ3v) is 3.53. The normalized spacial score (nSPS) is 10.6. The van der Waals surface area contributed by atoms with Crippen molar-refractivity contribution in [2.75, 3.05) is 0 Å². The average Bonchev–Trinajstić information content (AvgIpc) is 3.14. The van der Waals surface area contributed by atoms with E-state index >= 15 is 0 Å². The van der Waals surface area contributed by atoms with Crippen molar-refractivity contribution in [3.05, 3.63) is 58.3 Å². The van der Waals surface area contributed by atoms with E-state index in [0.717, 1.165) is 10.0 Å². The third-order valence-electron chi connectivity index (χ3n) is 2.84. The van der Waals surface area contributed by atoms with Crippen LogP contribution in [0.15, 0.2) is 49.7 Å². The molecule has 0 bridgehead atoms. The number of hydrogen-bond donors (Lipinski definition) is 0. The average molecular weight is 363 g/mol. The number of carbonyl (C=O) groups excluding carboxylic acids is 1. The van der Waals surface area contributed by atoms with E-state index in [-0.39, 0.29) is 18.3 Å². The fourth-order valence-electron chi connectivity index (χ4n) is 1.80. The number of aryl methyl sites for hydroxylation is 1. The second-order valence-electron chi connectivity index (χ2n) is 4.47. The summed E-state index contributed by atoms with van der Waals surface area (Å²) in [7, 11) is 0. The molecule has 6 nitrogen and oxygen atoms in total. The zero-order valence-electron chi connectivity index (χ0n) is 11.6. The fraction of sp³-hybridized carbons (Fsp3) is 0.133. The largest absolute Gasteiger partial charge is 0.454 e. The Labute approximate surface area is 134 Å². The number of rotatable bonds is 4. The van der Waals surface area contributed by atoms with Crippen LogP contribution in [-0.2, 0) is 11.3 Å². The molecule has 0 aliphatic carbocycles. The zero-order chi connectivity index (χ0) is 15.5. The Morgan fingerprint density at radius 2 is 2.00 bits per heavy atom. The highest BCUT2D eigenvalue weighted by molar-refractivity contribution is 9.10. The van der Waals surface area contributed by atoms with Crippen LogP contribution in [0.5, 0.6) is 0 Å². The summed E-state index contributed by atoms with van der Waals surface area (Å²) in [6, 6.07) is 10.7. The minimum absolute atomic E-state index is 0.115. The highest BCUT2D eigenvalue weighted by Gasteiger charge is 2.15. The molecule has 0 aliphatic rings. The van der Waals surface area contributed by atoms with E-state index in [4.69, 9.17) is 13.6 Å². The van der Waals surface area contributed by atoms with Crippen molar-refractivity contribution in [2.45, 2.75) is 13.5 Å². The van der Waals surface area contributed by atoms with E-state index in [1.165, 1.54) is 0 Å². The van der Waals surface area contributed by atoms with E-state index in [0.29, 0.717) is 11.7 Å². The molecule has 7 heteroatoms. The number of esters is 1. The number of carbonyl (C=O) groups is 1. The van der Waals surface area contributed by atoms with Gasteiger partial charge in [-0.1, -0.05) is 12.1 Å². The topological polar surface area (TPSA) is 78.4 Å². The molecule has 0 amide bonds. The molecule has 22 heavy (non-hydrogen) atoms. The number of hydrogen-bond acceptors (Lipinski definition) is 6. The van der Waals surface area contributed by atoms with Crippen LogP contribution < -0.4 is 0 Å². The first-order valence-electron chi connectivity index (χ1n) is 6.44. The lowest BCUT2D eigenvalue weighted by molar-refractivity contribution is 0.0401. The van der Waals surface area contributed by atoms with Crippen molar-refractivity contribution >= 4 is 21.9 Å². The summed E-state index contributed by atoms with van der Waals surface area (Å²) in [6.07, 6.45) is 0. The summed E-state index contributed by atoms with van der Waals surface area (Å²) in [5.41, 5.74) is 0.772. The number of aromatic nitrogens is 2. The highest BCUT2D eigenvalue weighted by Crippen LogP contribution is 2.26. The molecule has 2 aromatic heterocycles. The van der Waals surface area contributed by atoms with Gasteiger partial charge in [0.2, 0.25) is 11.7 Å². The Morgan fingerprint density at radius 1 is 1.18 bits per heavy atom. The van der Waals surface area contributed by atoms with Crippen molar-refractivity contribution < 1.29 is 18.4 Å². The quantitative estimate of drug-likeness (QED) is 0.657. The van der Waals surface area contributed by atoms with Gasteiger partial charge in [0.15, 0.2) is 6.61 Å². The van der Waals surface area contributed by atoms with Crippen LogP contribution in [0.1, 0.15) is 22.2 Å². The summed E-state index contributed by atoms with van der Waals surface area (Å²) in [5, 5.41) is 7.80. The van der Waals surface area contributed by atoms with Crippen LogP contribution in [0.2, 0.25) is 0 Å². The predicted octanol–water partition coefficient (Wildman–Crippen LogP) is 3.76. The maximum Gasteiger partial charge on any atom is 0.374 e. The lowest BCUT2D eigenvalue weighted by Crippen LogP contribution is -2.04. The van der Waals surface area contributed by atoms with Gasteiger partial charge < -0.3 is 13.6 Å². The molecule has 0 saturated carbocycles. The van der Waals surface area contributed by atoms with E-state index in [1.807, 2.05) is 24.3 Å². The SMILES string of the molecule is Cc1ccc(C(=O)OCc2nnc(-c3ccccc3Br)o2)o1. The Hall–Kier alpha value is -2.41. The van der Waals surface area contributed by atoms with E-state index in [9.17, 15) is 4.79 Å². The lowest BCUT2D eigenvalue weighted by Gasteiger charge is -1.99. The first-order valence-corrected chi connectivity index (χ1v) is 7.23. The number of ether oxygens (including phenoxy) is 1. The van der Waals surface area contributed by atoms with Crippen LogP contribution in [0.25, 0.3) is 11.5 Å². The van der Waals surface area contributed by atoms with Crippen LogP contribution in [0, 0.1) is 6.92 Å². The van der Waals surface area contributed by atoms with Crippen molar-refractivity contribution in [2.24, 2.45) is 0 Å².